The molecule has 0 spiro atoms. The van der Waals surface area contributed by atoms with Crippen molar-refractivity contribution in [1.82, 2.24) is 9.97 Å². The lowest BCUT2D eigenvalue weighted by molar-refractivity contribution is 0.112. The molecule has 4 rings (SSSR count). The Morgan fingerprint density at radius 3 is 2.10 bits per heavy atom. The third kappa shape index (κ3) is 4.73. The number of aliphatic hydroxyl groups is 1. The van der Waals surface area contributed by atoms with Crippen molar-refractivity contribution in [3.63, 3.8) is 0 Å². The first kappa shape index (κ1) is 21.7. The molecule has 0 fully saturated rings. The van der Waals surface area contributed by atoms with E-state index in [1.807, 2.05) is 56.3 Å². The molecule has 0 amide bonds. The van der Waals surface area contributed by atoms with E-state index in [0.29, 0.717) is 28.1 Å². The fraction of sp³-hybridized carbons (Fsp3) is 0.136. The van der Waals surface area contributed by atoms with Gasteiger partial charge in [0.25, 0.3) is 0 Å². The van der Waals surface area contributed by atoms with Gasteiger partial charge in [0.2, 0.25) is 0 Å². The monoisotopic (exact) mass is 444 g/mol. The summed E-state index contributed by atoms with van der Waals surface area (Å²) in [5, 5.41) is 11.2. The highest BCUT2D eigenvalue weighted by atomic mass is 27.3. The van der Waals surface area contributed by atoms with Crippen LogP contribution in [0.4, 0.5) is 0 Å². The zero-order valence-corrected chi connectivity index (χ0v) is 19.3. The molecule has 2 radical (unpaired) electrons. The number of fused-ring (bicyclic) bond motifs is 2. The lowest BCUT2D eigenvalue weighted by Gasteiger charge is -2.13. The summed E-state index contributed by atoms with van der Waals surface area (Å²) in [6.45, 7) is 3.66. The fourth-order valence-electron chi connectivity index (χ4n) is 3.42. The smallest absolute Gasteiger partial charge is 0.626 e. The number of hydrogen-bond acceptors (Lipinski definition) is 7. The Morgan fingerprint density at radius 2 is 1.48 bits per heavy atom. The number of aldehydes is 1. The standard InChI is InChI=1S/C11H11NO2.C11H9NO2.2Al.O/c2*1-7-5-8(6-13)9-3-2-4-10(14)11(9)12-7;;;/h2-5,13-14H,6H2,1H3;2-6,14H,1H3;;;/q;;2*+1;/p-2. The van der Waals surface area contributed by atoms with Crippen LogP contribution < -0.4 is 7.58 Å². The van der Waals surface area contributed by atoms with Gasteiger partial charge in [0, 0.05) is 27.7 Å². The molecule has 0 aliphatic heterocycles. The van der Waals surface area contributed by atoms with Gasteiger partial charge in [-0.2, -0.15) is 0 Å². The third-order valence-corrected chi connectivity index (χ3v) is 6.33. The molecular formula is C22H18Al2N2O5. The van der Waals surface area contributed by atoms with Crippen molar-refractivity contribution in [2.75, 3.05) is 0 Å². The van der Waals surface area contributed by atoms with Crippen LogP contribution >= 0.6 is 0 Å². The Bertz CT molecular complexity index is 1270. The number of benzene rings is 2. The molecule has 152 valence electrons. The van der Waals surface area contributed by atoms with E-state index < -0.39 is 31.8 Å². The molecule has 4 aromatic rings. The van der Waals surface area contributed by atoms with Gasteiger partial charge >= 0.3 is 31.8 Å². The van der Waals surface area contributed by atoms with Gasteiger partial charge in [0.1, 0.15) is 22.5 Å². The number of aliphatic hydroxyl groups excluding tert-OH is 1. The number of carbonyl (C=O) groups is 1. The van der Waals surface area contributed by atoms with Gasteiger partial charge in [-0.25, -0.2) is 9.97 Å². The molecule has 0 aliphatic carbocycles. The molecule has 0 atom stereocenters. The molecule has 0 bridgehead atoms. The van der Waals surface area contributed by atoms with Crippen molar-refractivity contribution in [1.29, 1.82) is 0 Å². The van der Waals surface area contributed by atoms with Gasteiger partial charge in [-0.3, -0.25) is 4.79 Å². The number of pyridine rings is 2. The van der Waals surface area contributed by atoms with Gasteiger partial charge in [0.05, 0.1) is 6.61 Å². The van der Waals surface area contributed by atoms with E-state index in [1.165, 1.54) is 0 Å². The molecule has 9 heteroatoms. The van der Waals surface area contributed by atoms with E-state index in [0.717, 1.165) is 34.0 Å². The van der Waals surface area contributed by atoms with Crippen molar-refractivity contribution in [2.24, 2.45) is 0 Å². The minimum absolute atomic E-state index is 0.0605. The largest absolute Gasteiger partial charge is 0.743 e. The molecule has 0 unspecified atom stereocenters. The zero-order valence-electron chi connectivity index (χ0n) is 17.0. The van der Waals surface area contributed by atoms with Crippen LogP contribution in [0.5, 0.6) is 11.5 Å². The maximum absolute atomic E-state index is 11.4. The Morgan fingerprint density at radius 1 is 0.903 bits per heavy atom. The Kier molecular flexibility index (Phi) is 6.84. The second-order valence-corrected chi connectivity index (χ2v) is 8.87. The summed E-state index contributed by atoms with van der Waals surface area (Å²) in [5.41, 5.74) is 4.29. The van der Waals surface area contributed by atoms with Crippen LogP contribution in [0.15, 0.2) is 48.5 Å². The van der Waals surface area contributed by atoms with Gasteiger partial charge in [0.15, 0.2) is 6.29 Å². The average Bonchev–Trinajstić information content (AvgIpc) is 2.78. The van der Waals surface area contributed by atoms with Gasteiger partial charge in [-0.15, -0.1) is 0 Å². The van der Waals surface area contributed by atoms with Crippen LogP contribution in [-0.2, 0) is 9.45 Å². The maximum Gasteiger partial charge on any atom is 0.743 e. The van der Waals surface area contributed by atoms with Crippen LogP contribution in [0.25, 0.3) is 21.8 Å². The Balaban J connectivity index is 1.43. The topological polar surface area (TPSA) is 90.8 Å². The minimum Gasteiger partial charge on any atom is -0.626 e. The van der Waals surface area contributed by atoms with Crippen LogP contribution in [0.3, 0.4) is 0 Å². The van der Waals surface area contributed by atoms with Gasteiger partial charge < -0.3 is 15.5 Å². The first-order valence-electron chi connectivity index (χ1n) is 9.58. The van der Waals surface area contributed by atoms with Crippen molar-refractivity contribution < 1.29 is 20.3 Å². The van der Waals surface area contributed by atoms with Crippen LogP contribution in [0.1, 0.15) is 27.3 Å². The molecule has 0 saturated heterocycles. The van der Waals surface area contributed by atoms with Crippen LogP contribution in [0, 0.1) is 13.8 Å². The second kappa shape index (κ2) is 9.76. The summed E-state index contributed by atoms with van der Waals surface area (Å²) in [4.78, 5) is 20.4. The number of hydrogen-bond donors (Lipinski definition) is 1. The molecule has 0 aliphatic rings. The number of para-hydroxylation sites is 2. The third-order valence-electron chi connectivity index (χ3n) is 4.74. The number of rotatable bonds is 8. The van der Waals surface area contributed by atoms with E-state index in [2.05, 4.69) is 9.97 Å². The predicted octanol–water partition coefficient (Wildman–Crippen LogP) is 3.25. The Labute approximate surface area is 192 Å². The summed E-state index contributed by atoms with van der Waals surface area (Å²) < 4.78 is 17.3. The van der Waals surface area contributed by atoms with Crippen molar-refractivity contribution >= 4 is 59.9 Å². The summed E-state index contributed by atoms with van der Waals surface area (Å²) in [6.07, 6.45) is 0.824. The van der Waals surface area contributed by atoms with Gasteiger partial charge in [-0.05, 0) is 43.7 Å². The normalized spacial score (nSPS) is 10.8. The van der Waals surface area contributed by atoms with Gasteiger partial charge in [-0.1, -0.05) is 24.3 Å². The van der Waals surface area contributed by atoms with E-state index in [9.17, 15) is 9.90 Å². The molecule has 31 heavy (non-hydrogen) atoms. The van der Waals surface area contributed by atoms with Crippen molar-refractivity contribution in [3.05, 3.63) is 71.0 Å². The maximum atomic E-state index is 11.4. The van der Waals surface area contributed by atoms with E-state index in [-0.39, 0.29) is 6.61 Å². The quantitative estimate of drug-likeness (QED) is 0.253. The van der Waals surface area contributed by atoms with Crippen LogP contribution in [-0.4, -0.2) is 53.1 Å². The summed E-state index contributed by atoms with van der Waals surface area (Å²) in [7, 11) is 0. The number of aryl methyl sites for hydroxylation is 2. The number of carbonyl (C=O) groups excluding carboxylic acids is 1. The molecule has 7 nitrogen and oxygen atoms in total. The molecule has 0 saturated carbocycles. The Hall–Kier alpha value is -2.49. The number of nitrogens with zero attached hydrogens (tertiary/aromatic N) is 2. The first-order valence-corrected chi connectivity index (χ1v) is 11.5. The molecular weight excluding hydrogens is 426 g/mol. The zero-order chi connectivity index (χ0) is 21.8. The summed E-state index contributed by atoms with van der Waals surface area (Å²) >= 11 is -1.65. The minimum atomic E-state index is -0.828. The predicted molar refractivity (Wildman–Crippen MR) is 118 cm³/mol. The highest BCUT2D eigenvalue weighted by Crippen LogP contribution is 2.28. The second-order valence-electron chi connectivity index (χ2n) is 6.92. The van der Waals surface area contributed by atoms with E-state index in [1.54, 1.807) is 6.07 Å². The molecule has 1 N–H and O–H groups in total. The lowest BCUT2D eigenvalue weighted by Crippen LogP contribution is -2.16. The van der Waals surface area contributed by atoms with Crippen molar-refractivity contribution in [3.8, 4) is 11.5 Å². The summed E-state index contributed by atoms with van der Waals surface area (Å²) in [6, 6.07) is 14.7. The average molecular weight is 444 g/mol. The summed E-state index contributed by atoms with van der Waals surface area (Å²) in [5.74, 6) is 1.19. The lowest BCUT2D eigenvalue weighted by atomic mass is 10.1. The highest BCUT2D eigenvalue weighted by Gasteiger charge is 2.14. The fourth-order valence-corrected chi connectivity index (χ4v) is 4.63. The highest BCUT2D eigenvalue weighted by molar-refractivity contribution is 6.35. The number of aromatic nitrogens is 2. The molecule has 2 aromatic heterocycles. The SMILES string of the molecule is Cc1cc(C=O)c2cccc([O][Al][O][Al][O]c3cccc4c(CO)cc(C)nc34)c2n1. The van der Waals surface area contributed by atoms with Crippen LogP contribution in [0.2, 0.25) is 0 Å². The van der Waals surface area contributed by atoms with E-state index >= 15 is 0 Å². The van der Waals surface area contributed by atoms with E-state index in [4.69, 9.17) is 10.4 Å². The molecule has 2 heterocycles. The first-order chi connectivity index (χ1) is 15.1. The van der Waals surface area contributed by atoms with Crippen molar-refractivity contribution in [2.45, 2.75) is 20.5 Å². The molecule has 2 aromatic carbocycles.